The lowest BCUT2D eigenvalue weighted by Gasteiger charge is -2.30. The minimum Gasteiger partial charge on any atom is -0.373 e. The number of nitrogens with one attached hydrogen (secondary N) is 1. The van der Waals surface area contributed by atoms with Gasteiger partial charge in [-0.3, -0.25) is 0 Å². The van der Waals surface area contributed by atoms with E-state index in [2.05, 4.69) is 17.2 Å². The number of pyridine rings is 1. The highest BCUT2D eigenvalue weighted by molar-refractivity contribution is 7.89. The minimum atomic E-state index is -3.38. The maximum Gasteiger partial charge on any atom is 0.244 e. The summed E-state index contributed by atoms with van der Waals surface area (Å²) >= 11 is 0. The van der Waals surface area contributed by atoms with E-state index in [0.29, 0.717) is 24.8 Å². The SMILES string of the molecule is CCC1CCN(S(=O)(=O)c2ccc(NC)nc2)CC1. The molecule has 1 aromatic rings. The van der Waals surface area contributed by atoms with E-state index < -0.39 is 10.0 Å². The van der Waals surface area contributed by atoms with Gasteiger partial charge in [-0.1, -0.05) is 13.3 Å². The molecule has 0 amide bonds. The first-order chi connectivity index (χ1) is 9.07. The number of aromatic nitrogens is 1. The number of sulfonamides is 1. The van der Waals surface area contributed by atoms with Crippen molar-refractivity contribution in [2.24, 2.45) is 5.92 Å². The lowest BCUT2D eigenvalue weighted by molar-refractivity contribution is 0.269. The second-order valence-corrected chi connectivity index (χ2v) is 6.82. The summed E-state index contributed by atoms with van der Waals surface area (Å²) in [5.74, 6) is 1.33. The van der Waals surface area contributed by atoms with Gasteiger partial charge in [0.05, 0.1) is 0 Å². The molecule has 1 saturated heterocycles. The number of anilines is 1. The van der Waals surface area contributed by atoms with E-state index in [9.17, 15) is 8.42 Å². The zero-order valence-electron chi connectivity index (χ0n) is 11.5. The standard InChI is InChI=1S/C13H21N3O2S/c1-3-11-6-8-16(9-7-11)19(17,18)12-4-5-13(14-2)15-10-12/h4-5,10-11H,3,6-9H2,1-2H3,(H,14,15). The Labute approximate surface area is 115 Å². The fourth-order valence-corrected chi connectivity index (χ4v) is 3.80. The molecule has 106 valence electrons. The smallest absolute Gasteiger partial charge is 0.244 e. The van der Waals surface area contributed by atoms with Crippen molar-refractivity contribution in [2.75, 3.05) is 25.5 Å². The van der Waals surface area contributed by atoms with Crippen molar-refractivity contribution < 1.29 is 8.42 Å². The monoisotopic (exact) mass is 283 g/mol. The van der Waals surface area contributed by atoms with Gasteiger partial charge in [0.1, 0.15) is 10.7 Å². The largest absolute Gasteiger partial charge is 0.373 e. The van der Waals surface area contributed by atoms with Crippen molar-refractivity contribution in [2.45, 2.75) is 31.1 Å². The Hall–Kier alpha value is -1.14. The van der Waals surface area contributed by atoms with Crippen molar-refractivity contribution in [1.82, 2.24) is 9.29 Å². The molecule has 1 fully saturated rings. The summed E-state index contributed by atoms with van der Waals surface area (Å²) in [4.78, 5) is 4.35. The maximum atomic E-state index is 12.4. The molecule has 0 bridgehead atoms. The highest BCUT2D eigenvalue weighted by atomic mass is 32.2. The molecule has 1 aromatic heterocycles. The second-order valence-electron chi connectivity index (χ2n) is 4.88. The summed E-state index contributed by atoms with van der Waals surface area (Å²) in [6.07, 6.45) is 4.47. The highest BCUT2D eigenvalue weighted by Crippen LogP contribution is 2.25. The van der Waals surface area contributed by atoms with E-state index in [1.165, 1.54) is 6.20 Å². The normalized spacial score (nSPS) is 18.4. The van der Waals surface area contributed by atoms with Crippen LogP contribution in [0.25, 0.3) is 0 Å². The molecule has 0 aliphatic carbocycles. The van der Waals surface area contributed by atoms with Gasteiger partial charge in [-0.15, -0.1) is 0 Å². The summed E-state index contributed by atoms with van der Waals surface area (Å²) in [6, 6.07) is 3.30. The number of piperidine rings is 1. The summed E-state index contributed by atoms with van der Waals surface area (Å²) in [5.41, 5.74) is 0. The van der Waals surface area contributed by atoms with Crippen LogP contribution < -0.4 is 5.32 Å². The number of rotatable bonds is 4. The van der Waals surface area contributed by atoms with Crippen LogP contribution in [0.3, 0.4) is 0 Å². The van der Waals surface area contributed by atoms with Crippen LogP contribution in [0.2, 0.25) is 0 Å². The third-order valence-corrected chi connectivity index (χ3v) is 5.66. The summed E-state index contributed by atoms with van der Waals surface area (Å²) in [7, 11) is -1.62. The minimum absolute atomic E-state index is 0.279. The molecule has 1 aliphatic heterocycles. The Morgan fingerprint density at radius 1 is 1.37 bits per heavy atom. The van der Waals surface area contributed by atoms with Crippen molar-refractivity contribution >= 4 is 15.8 Å². The van der Waals surface area contributed by atoms with Gasteiger partial charge in [0.25, 0.3) is 0 Å². The number of hydrogen-bond donors (Lipinski definition) is 1. The van der Waals surface area contributed by atoms with Gasteiger partial charge < -0.3 is 5.32 Å². The second kappa shape index (κ2) is 5.88. The van der Waals surface area contributed by atoms with Gasteiger partial charge in [-0.25, -0.2) is 13.4 Å². The van der Waals surface area contributed by atoms with Crippen LogP contribution in [-0.2, 0) is 10.0 Å². The highest BCUT2D eigenvalue weighted by Gasteiger charge is 2.28. The predicted molar refractivity (Wildman–Crippen MR) is 75.6 cm³/mol. The third-order valence-electron chi connectivity index (χ3n) is 3.78. The number of hydrogen-bond acceptors (Lipinski definition) is 4. The zero-order valence-corrected chi connectivity index (χ0v) is 12.3. The predicted octanol–water partition coefficient (Wildman–Crippen LogP) is 1.93. The van der Waals surface area contributed by atoms with E-state index in [4.69, 9.17) is 0 Å². The van der Waals surface area contributed by atoms with Gasteiger partial charge >= 0.3 is 0 Å². The van der Waals surface area contributed by atoms with E-state index in [1.54, 1.807) is 23.5 Å². The first kappa shape index (κ1) is 14.3. The quantitative estimate of drug-likeness (QED) is 0.917. The summed E-state index contributed by atoms with van der Waals surface area (Å²) in [6.45, 7) is 3.40. The Morgan fingerprint density at radius 3 is 2.53 bits per heavy atom. The first-order valence-corrected chi connectivity index (χ1v) is 8.16. The molecule has 0 unspecified atom stereocenters. The van der Waals surface area contributed by atoms with Crippen LogP contribution in [-0.4, -0.2) is 37.8 Å². The van der Waals surface area contributed by atoms with Crippen molar-refractivity contribution in [3.63, 3.8) is 0 Å². The average Bonchev–Trinajstić information content (AvgIpc) is 2.47. The van der Waals surface area contributed by atoms with E-state index >= 15 is 0 Å². The van der Waals surface area contributed by atoms with E-state index in [-0.39, 0.29) is 4.90 Å². The van der Waals surface area contributed by atoms with Crippen molar-refractivity contribution in [3.8, 4) is 0 Å². The molecular formula is C13H21N3O2S. The van der Waals surface area contributed by atoms with Crippen molar-refractivity contribution in [1.29, 1.82) is 0 Å². The Bertz CT molecular complexity index is 505. The molecule has 2 heterocycles. The number of nitrogens with zero attached hydrogens (tertiary/aromatic N) is 2. The van der Waals surface area contributed by atoms with Crippen LogP contribution in [0.15, 0.2) is 23.2 Å². The van der Waals surface area contributed by atoms with Crippen LogP contribution >= 0.6 is 0 Å². The van der Waals surface area contributed by atoms with Gasteiger partial charge in [-0.05, 0) is 30.9 Å². The molecule has 2 rings (SSSR count). The Morgan fingerprint density at radius 2 is 2.05 bits per heavy atom. The lowest BCUT2D eigenvalue weighted by Crippen LogP contribution is -2.38. The third kappa shape index (κ3) is 3.06. The van der Waals surface area contributed by atoms with Crippen LogP contribution in [0.5, 0.6) is 0 Å². The molecule has 0 aromatic carbocycles. The molecule has 5 nitrogen and oxygen atoms in total. The molecule has 1 N–H and O–H groups in total. The summed E-state index contributed by atoms with van der Waals surface area (Å²) < 4.78 is 26.5. The van der Waals surface area contributed by atoms with Crippen LogP contribution in [0.4, 0.5) is 5.82 Å². The van der Waals surface area contributed by atoms with E-state index in [1.807, 2.05) is 0 Å². The van der Waals surface area contributed by atoms with Gasteiger partial charge in [-0.2, -0.15) is 4.31 Å². The van der Waals surface area contributed by atoms with Crippen LogP contribution in [0.1, 0.15) is 26.2 Å². The molecule has 19 heavy (non-hydrogen) atoms. The molecule has 6 heteroatoms. The maximum absolute atomic E-state index is 12.4. The van der Waals surface area contributed by atoms with Gasteiger partial charge in [0.2, 0.25) is 10.0 Å². The Kier molecular flexibility index (Phi) is 4.42. The Balaban J connectivity index is 2.13. The topological polar surface area (TPSA) is 62.3 Å². The van der Waals surface area contributed by atoms with Crippen LogP contribution in [0, 0.1) is 5.92 Å². The van der Waals surface area contributed by atoms with Gasteiger partial charge in [0, 0.05) is 26.3 Å². The molecule has 0 spiro atoms. The summed E-state index contributed by atoms with van der Waals surface area (Å²) in [5, 5.41) is 2.88. The fraction of sp³-hybridized carbons (Fsp3) is 0.615. The molecule has 1 aliphatic rings. The molecule has 0 radical (unpaired) electrons. The zero-order chi connectivity index (χ0) is 13.9. The van der Waals surface area contributed by atoms with Crippen molar-refractivity contribution in [3.05, 3.63) is 18.3 Å². The lowest BCUT2D eigenvalue weighted by atomic mass is 9.96. The first-order valence-electron chi connectivity index (χ1n) is 6.72. The molecule has 0 saturated carbocycles. The van der Waals surface area contributed by atoms with Gasteiger partial charge in [0.15, 0.2) is 0 Å². The fourth-order valence-electron chi connectivity index (χ4n) is 2.39. The van der Waals surface area contributed by atoms with E-state index in [0.717, 1.165) is 19.3 Å². The average molecular weight is 283 g/mol. The molecule has 0 atom stereocenters. The molecular weight excluding hydrogens is 262 g/mol.